The summed E-state index contributed by atoms with van der Waals surface area (Å²) in [6.45, 7) is 1.97. The number of unbranched alkanes of at least 4 members (excludes halogenated alkanes) is 1. The van der Waals surface area contributed by atoms with Crippen molar-refractivity contribution in [1.29, 1.82) is 0 Å². The maximum absolute atomic E-state index is 12.3. The molecule has 0 heterocycles. The molecule has 0 N–H and O–H groups in total. The van der Waals surface area contributed by atoms with E-state index in [1.165, 1.54) is 11.8 Å². The van der Waals surface area contributed by atoms with E-state index in [1.807, 2.05) is 43.3 Å². The first-order valence-electron chi connectivity index (χ1n) is 8.03. The van der Waals surface area contributed by atoms with Crippen molar-refractivity contribution >= 4 is 27.6 Å². The van der Waals surface area contributed by atoms with Crippen LogP contribution in [0.4, 0.5) is 0 Å². The maximum atomic E-state index is 12.3. The predicted octanol–water partition coefficient (Wildman–Crippen LogP) is 4.20. The standard InChI is InChI=1S/C18H21NO5S/c1-13(18(20)25-10-4-3-9-24-19(21)22)14-5-6-16-12-17(23-2)8-7-15(16)11-14/h5-8,11-13H,3-4,9-10H2,1-2H3/t13-/m0/s1. The van der Waals surface area contributed by atoms with E-state index >= 15 is 0 Å². The highest BCUT2D eigenvalue weighted by Gasteiger charge is 2.16. The highest BCUT2D eigenvalue weighted by Crippen LogP contribution is 2.28. The van der Waals surface area contributed by atoms with Gasteiger partial charge in [-0.05, 0) is 41.3 Å². The second kappa shape index (κ2) is 9.27. The average molecular weight is 363 g/mol. The van der Waals surface area contributed by atoms with Crippen molar-refractivity contribution in [2.24, 2.45) is 0 Å². The molecule has 0 aromatic heterocycles. The molecule has 6 nitrogen and oxygen atoms in total. The van der Waals surface area contributed by atoms with Crippen LogP contribution < -0.4 is 4.74 Å². The molecular weight excluding hydrogens is 342 g/mol. The van der Waals surface area contributed by atoms with Crippen molar-refractivity contribution in [3.63, 3.8) is 0 Å². The second-order valence-electron chi connectivity index (χ2n) is 5.63. The Kier molecular flexibility index (Phi) is 7.06. The van der Waals surface area contributed by atoms with Gasteiger partial charge in [-0.3, -0.25) is 4.79 Å². The molecule has 2 rings (SSSR count). The number of methoxy groups -OCH3 is 1. The first-order valence-corrected chi connectivity index (χ1v) is 9.01. The summed E-state index contributed by atoms with van der Waals surface area (Å²) in [4.78, 5) is 26.6. The normalized spacial score (nSPS) is 11.9. The van der Waals surface area contributed by atoms with Crippen LogP contribution in [-0.2, 0) is 9.63 Å². The van der Waals surface area contributed by atoms with Gasteiger partial charge in [0.05, 0.1) is 19.6 Å². The zero-order valence-corrected chi connectivity index (χ0v) is 15.1. The largest absolute Gasteiger partial charge is 0.497 e. The van der Waals surface area contributed by atoms with Crippen LogP contribution >= 0.6 is 11.8 Å². The van der Waals surface area contributed by atoms with E-state index in [0.29, 0.717) is 18.6 Å². The fraction of sp³-hybridized carbons (Fsp3) is 0.389. The Balaban J connectivity index is 1.88. The minimum Gasteiger partial charge on any atom is -0.497 e. The highest BCUT2D eigenvalue weighted by molar-refractivity contribution is 8.13. The third-order valence-electron chi connectivity index (χ3n) is 3.90. The van der Waals surface area contributed by atoms with Crippen LogP contribution in [0.3, 0.4) is 0 Å². The van der Waals surface area contributed by atoms with E-state index in [9.17, 15) is 14.9 Å². The second-order valence-corrected chi connectivity index (χ2v) is 6.72. The summed E-state index contributed by atoms with van der Waals surface area (Å²) >= 11 is 1.27. The lowest BCUT2D eigenvalue weighted by atomic mass is 9.99. The molecule has 2 aromatic rings. The lowest BCUT2D eigenvalue weighted by molar-refractivity contribution is -0.757. The van der Waals surface area contributed by atoms with Crippen molar-refractivity contribution in [2.75, 3.05) is 19.5 Å². The number of hydrogen-bond acceptors (Lipinski definition) is 6. The van der Waals surface area contributed by atoms with Gasteiger partial charge < -0.3 is 9.57 Å². The summed E-state index contributed by atoms with van der Waals surface area (Å²) < 4.78 is 5.22. The van der Waals surface area contributed by atoms with Gasteiger partial charge in [-0.2, -0.15) is 0 Å². The van der Waals surface area contributed by atoms with E-state index in [-0.39, 0.29) is 17.6 Å². The molecule has 7 heteroatoms. The third-order valence-corrected chi connectivity index (χ3v) is 5.04. The van der Waals surface area contributed by atoms with Gasteiger partial charge in [-0.1, -0.05) is 43.0 Å². The SMILES string of the molecule is COc1ccc2cc([C@H](C)C(=O)SCCCCO[N+](=O)[O-])ccc2c1. The summed E-state index contributed by atoms with van der Waals surface area (Å²) in [5.74, 6) is 1.24. The Bertz CT molecular complexity index is 749. The topological polar surface area (TPSA) is 78.7 Å². The molecule has 0 aliphatic carbocycles. The molecule has 134 valence electrons. The lowest BCUT2D eigenvalue weighted by Crippen LogP contribution is -2.06. The number of nitrogens with zero attached hydrogens (tertiary/aromatic N) is 1. The molecule has 0 radical (unpaired) electrons. The van der Waals surface area contributed by atoms with Crippen LogP contribution in [0.1, 0.15) is 31.2 Å². The maximum Gasteiger partial charge on any atom is 0.294 e. The van der Waals surface area contributed by atoms with Gasteiger partial charge in [-0.25, -0.2) is 0 Å². The van der Waals surface area contributed by atoms with E-state index in [2.05, 4.69) is 4.84 Å². The number of rotatable bonds is 9. The van der Waals surface area contributed by atoms with E-state index in [1.54, 1.807) is 7.11 Å². The van der Waals surface area contributed by atoms with Gasteiger partial charge in [0.15, 0.2) is 5.12 Å². The van der Waals surface area contributed by atoms with Gasteiger partial charge in [0.2, 0.25) is 0 Å². The van der Waals surface area contributed by atoms with E-state index < -0.39 is 5.09 Å². The average Bonchev–Trinajstić information content (AvgIpc) is 2.62. The summed E-state index contributed by atoms with van der Waals surface area (Å²) in [7, 11) is 1.64. The molecule has 0 saturated carbocycles. The van der Waals surface area contributed by atoms with Gasteiger partial charge in [-0.15, -0.1) is 10.1 Å². The zero-order chi connectivity index (χ0) is 18.2. The minimum absolute atomic E-state index is 0.0748. The third kappa shape index (κ3) is 5.63. The molecular formula is C18H21NO5S. The van der Waals surface area contributed by atoms with Gasteiger partial charge >= 0.3 is 0 Å². The number of carbonyl (C=O) groups excluding carboxylic acids is 1. The Labute approximate surface area is 150 Å². The molecule has 0 aliphatic heterocycles. The predicted molar refractivity (Wildman–Crippen MR) is 98.6 cm³/mol. The summed E-state index contributed by atoms with van der Waals surface area (Å²) in [6, 6.07) is 11.8. The van der Waals surface area contributed by atoms with Crippen molar-refractivity contribution in [2.45, 2.75) is 25.7 Å². The van der Waals surface area contributed by atoms with E-state index in [0.717, 1.165) is 22.1 Å². The van der Waals surface area contributed by atoms with Crippen LogP contribution in [0.25, 0.3) is 10.8 Å². The number of benzene rings is 2. The number of ether oxygens (including phenoxy) is 1. The molecule has 0 fully saturated rings. The minimum atomic E-state index is -0.796. The Morgan fingerprint density at radius 2 is 1.92 bits per heavy atom. The Morgan fingerprint density at radius 3 is 2.64 bits per heavy atom. The fourth-order valence-electron chi connectivity index (χ4n) is 2.42. The van der Waals surface area contributed by atoms with Crippen LogP contribution in [0.15, 0.2) is 36.4 Å². The number of fused-ring (bicyclic) bond motifs is 1. The quantitative estimate of drug-likeness (QED) is 0.377. The molecule has 0 amide bonds. The van der Waals surface area contributed by atoms with Crippen LogP contribution in [0, 0.1) is 10.1 Å². The van der Waals surface area contributed by atoms with Crippen molar-refractivity contribution in [3.05, 3.63) is 52.1 Å². The number of carbonyl (C=O) groups is 1. The van der Waals surface area contributed by atoms with Gasteiger partial charge in [0, 0.05) is 5.75 Å². The van der Waals surface area contributed by atoms with Crippen molar-refractivity contribution < 1.29 is 19.5 Å². The molecule has 25 heavy (non-hydrogen) atoms. The highest BCUT2D eigenvalue weighted by atomic mass is 32.2. The first kappa shape index (κ1) is 19.1. The summed E-state index contributed by atoms with van der Waals surface area (Å²) in [6.07, 6.45) is 1.27. The van der Waals surface area contributed by atoms with Crippen molar-refractivity contribution in [3.8, 4) is 5.75 Å². The molecule has 0 bridgehead atoms. The smallest absolute Gasteiger partial charge is 0.294 e. The molecule has 0 unspecified atom stereocenters. The van der Waals surface area contributed by atoms with Crippen LogP contribution in [0.2, 0.25) is 0 Å². The fourth-order valence-corrected chi connectivity index (χ4v) is 3.35. The van der Waals surface area contributed by atoms with Crippen molar-refractivity contribution in [1.82, 2.24) is 0 Å². The van der Waals surface area contributed by atoms with Gasteiger partial charge in [0.25, 0.3) is 5.09 Å². The van der Waals surface area contributed by atoms with E-state index in [4.69, 9.17) is 4.74 Å². The monoisotopic (exact) mass is 363 g/mol. The first-order chi connectivity index (χ1) is 12.0. The Morgan fingerprint density at radius 1 is 1.20 bits per heavy atom. The Hall–Kier alpha value is -2.28. The lowest BCUT2D eigenvalue weighted by Gasteiger charge is -2.12. The molecule has 2 aromatic carbocycles. The van der Waals surface area contributed by atoms with Crippen LogP contribution in [-0.4, -0.2) is 29.7 Å². The summed E-state index contributed by atoms with van der Waals surface area (Å²) in [5.41, 5.74) is 0.979. The molecule has 0 saturated heterocycles. The van der Waals surface area contributed by atoms with Crippen LogP contribution in [0.5, 0.6) is 5.75 Å². The molecule has 1 atom stereocenters. The molecule has 0 aliphatic rings. The molecule has 0 spiro atoms. The number of hydrogen-bond donors (Lipinski definition) is 0. The van der Waals surface area contributed by atoms with Gasteiger partial charge in [0.1, 0.15) is 5.75 Å². The number of thioether (sulfide) groups is 1. The zero-order valence-electron chi connectivity index (χ0n) is 14.3. The summed E-state index contributed by atoms with van der Waals surface area (Å²) in [5, 5.41) is 11.5.